The molecular formula is C28H32FNO3S. The number of aryl methyl sites for hydroxylation is 1. The van der Waals surface area contributed by atoms with E-state index in [-0.39, 0.29) is 29.4 Å². The van der Waals surface area contributed by atoms with Gasteiger partial charge in [-0.25, -0.2) is 4.39 Å². The highest BCUT2D eigenvalue weighted by Gasteiger charge is 2.49. The Labute approximate surface area is 204 Å². The second-order valence-electron chi connectivity index (χ2n) is 10.6. The molecule has 1 saturated heterocycles. The zero-order chi connectivity index (χ0) is 24.7. The molecule has 1 aromatic heterocycles. The minimum atomic E-state index is -0.879. The summed E-state index contributed by atoms with van der Waals surface area (Å²) in [5.74, 6) is -0.867. The number of benzene rings is 2. The molecule has 0 bridgehead atoms. The molecule has 2 unspecified atom stereocenters. The van der Waals surface area contributed by atoms with Gasteiger partial charge in [0.25, 0.3) is 0 Å². The summed E-state index contributed by atoms with van der Waals surface area (Å²) < 4.78 is 19.3. The van der Waals surface area contributed by atoms with Crippen molar-refractivity contribution in [1.29, 1.82) is 0 Å². The monoisotopic (exact) mass is 481 g/mol. The number of halogens is 1. The number of carbonyl (C=O) groups is 2. The van der Waals surface area contributed by atoms with Gasteiger partial charge in [-0.1, -0.05) is 46.8 Å². The fraction of sp³-hybridized carbons (Fsp3) is 0.429. The van der Waals surface area contributed by atoms with Crippen molar-refractivity contribution in [2.45, 2.75) is 75.0 Å². The van der Waals surface area contributed by atoms with Crippen LogP contribution >= 0.6 is 11.8 Å². The minimum Gasteiger partial charge on any atom is -0.457 e. The molecule has 2 aromatic carbocycles. The van der Waals surface area contributed by atoms with Gasteiger partial charge in [0.05, 0.1) is 0 Å². The summed E-state index contributed by atoms with van der Waals surface area (Å²) in [6.07, 6.45) is 3.21. The lowest BCUT2D eigenvalue weighted by atomic mass is 9.78. The van der Waals surface area contributed by atoms with Gasteiger partial charge in [-0.05, 0) is 65.6 Å². The lowest BCUT2D eigenvalue weighted by Crippen LogP contribution is -2.52. The Balaban J connectivity index is 1.57. The molecule has 4 rings (SSSR count). The van der Waals surface area contributed by atoms with Crippen molar-refractivity contribution in [3.8, 4) is 0 Å². The van der Waals surface area contributed by atoms with Crippen LogP contribution in [0.1, 0.15) is 58.6 Å². The van der Waals surface area contributed by atoms with Gasteiger partial charge in [0.1, 0.15) is 11.4 Å². The molecule has 0 spiro atoms. The molecule has 1 N–H and O–H groups in total. The number of hydrogen-bond donors (Lipinski definition) is 1. The van der Waals surface area contributed by atoms with Crippen molar-refractivity contribution in [2.24, 2.45) is 5.92 Å². The number of aromatic nitrogens is 1. The van der Waals surface area contributed by atoms with Gasteiger partial charge in [-0.2, -0.15) is 0 Å². The van der Waals surface area contributed by atoms with Crippen LogP contribution in [0.3, 0.4) is 0 Å². The number of Topliss-reactive ketones (excluding diaryl/α,β-unsaturated/α-hetero) is 1. The van der Waals surface area contributed by atoms with E-state index in [1.807, 2.05) is 26.1 Å². The maximum Gasteiger partial charge on any atom is 0.327 e. The van der Waals surface area contributed by atoms with E-state index in [0.717, 1.165) is 26.9 Å². The van der Waals surface area contributed by atoms with Crippen molar-refractivity contribution in [3.05, 3.63) is 65.6 Å². The first kappa shape index (κ1) is 24.5. The Morgan fingerprint density at radius 2 is 1.85 bits per heavy atom. The molecule has 0 aliphatic carbocycles. The Kier molecular flexibility index (Phi) is 6.65. The molecule has 6 heteroatoms. The summed E-state index contributed by atoms with van der Waals surface area (Å²) in [5, 5.41) is 0.165. The van der Waals surface area contributed by atoms with Crippen LogP contribution in [0.5, 0.6) is 0 Å². The van der Waals surface area contributed by atoms with Gasteiger partial charge in [-0.15, -0.1) is 11.8 Å². The fourth-order valence-electron chi connectivity index (χ4n) is 4.57. The molecule has 3 aromatic rings. The maximum atomic E-state index is 13.4. The standard InChI is InChI=1S/C28H32FNO3S/c1-17(2)28(12-10-18-6-8-20(29)9-7-18)16-23(31)25(26(32)33-28)34-24-14-19-11-13-30-22(19)15-21(24)27(3,4)5/h6-9,11,13-15,17,25,30H,10,12,16H2,1-5H3. The molecule has 34 heavy (non-hydrogen) atoms. The Bertz CT molecular complexity index is 1190. The van der Waals surface area contributed by atoms with E-state index in [4.69, 9.17) is 4.74 Å². The zero-order valence-corrected chi connectivity index (χ0v) is 21.2. The smallest absolute Gasteiger partial charge is 0.327 e. The van der Waals surface area contributed by atoms with E-state index in [1.54, 1.807) is 12.1 Å². The van der Waals surface area contributed by atoms with Crippen LogP contribution in [0, 0.1) is 11.7 Å². The summed E-state index contributed by atoms with van der Waals surface area (Å²) in [6, 6.07) is 12.5. The van der Waals surface area contributed by atoms with Crippen molar-refractivity contribution in [3.63, 3.8) is 0 Å². The van der Waals surface area contributed by atoms with Crippen molar-refractivity contribution < 1.29 is 18.7 Å². The van der Waals surface area contributed by atoms with Crippen molar-refractivity contribution >= 4 is 34.4 Å². The van der Waals surface area contributed by atoms with Crippen LogP contribution in [0.2, 0.25) is 0 Å². The minimum absolute atomic E-state index is 0.0202. The first-order chi connectivity index (χ1) is 16.0. The topological polar surface area (TPSA) is 59.2 Å². The highest BCUT2D eigenvalue weighted by molar-refractivity contribution is 8.01. The number of ether oxygens (including phenoxy) is 1. The number of esters is 1. The lowest BCUT2D eigenvalue weighted by Gasteiger charge is -2.41. The molecule has 1 aliphatic heterocycles. The van der Waals surface area contributed by atoms with Gasteiger partial charge in [0, 0.05) is 28.4 Å². The van der Waals surface area contributed by atoms with Gasteiger partial charge in [0.2, 0.25) is 0 Å². The molecule has 0 saturated carbocycles. The number of H-pyrrole nitrogens is 1. The summed E-state index contributed by atoms with van der Waals surface area (Å²) in [4.78, 5) is 30.8. The van der Waals surface area contributed by atoms with Crippen LogP contribution in [-0.2, 0) is 26.2 Å². The molecule has 1 fully saturated rings. The van der Waals surface area contributed by atoms with Crippen molar-refractivity contribution in [1.82, 2.24) is 4.98 Å². The molecular weight excluding hydrogens is 449 g/mol. The number of rotatable bonds is 6. The van der Waals surface area contributed by atoms with Crippen LogP contribution in [0.15, 0.2) is 53.6 Å². The first-order valence-corrected chi connectivity index (χ1v) is 12.6. The molecule has 2 heterocycles. The van der Waals surface area contributed by atoms with E-state index in [1.165, 1.54) is 23.9 Å². The highest BCUT2D eigenvalue weighted by atomic mass is 32.2. The van der Waals surface area contributed by atoms with Crippen LogP contribution in [-0.4, -0.2) is 27.6 Å². The second kappa shape index (κ2) is 9.21. The molecule has 0 radical (unpaired) electrons. The Morgan fingerprint density at radius 1 is 1.15 bits per heavy atom. The van der Waals surface area contributed by atoms with E-state index in [9.17, 15) is 14.0 Å². The number of fused-ring (bicyclic) bond motifs is 1. The normalized spacial score (nSPS) is 21.3. The van der Waals surface area contributed by atoms with E-state index < -0.39 is 16.8 Å². The van der Waals surface area contributed by atoms with Gasteiger partial charge >= 0.3 is 5.97 Å². The summed E-state index contributed by atoms with van der Waals surface area (Å²) in [6.45, 7) is 10.3. The van der Waals surface area contributed by atoms with Crippen LogP contribution in [0.25, 0.3) is 10.9 Å². The van der Waals surface area contributed by atoms with Crippen molar-refractivity contribution in [2.75, 3.05) is 0 Å². The second-order valence-corrected chi connectivity index (χ2v) is 11.7. The SMILES string of the molecule is CC(C)C1(CCc2ccc(F)cc2)CC(=O)C(Sc2cc3cc[nH]c3cc2C(C)(C)C)C(=O)O1. The number of carbonyl (C=O) groups excluding carboxylic acids is 2. The third-order valence-corrected chi connectivity index (χ3v) is 8.08. The molecule has 0 amide bonds. The number of hydrogen-bond acceptors (Lipinski definition) is 4. The maximum absolute atomic E-state index is 13.4. The fourth-order valence-corrected chi connectivity index (χ4v) is 5.87. The number of ketones is 1. The quantitative estimate of drug-likeness (QED) is 0.318. The number of aromatic amines is 1. The summed E-state index contributed by atoms with van der Waals surface area (Å²) in [7, 11) is 0. The third-order valence-electron chi connectivity index (χ3n) is 6.79. The first-order valence-electron chi connectivity index (χ1n) is 11.8. The summed E-state index contributed by atoms with van der Waals surface area (Å²) in [5.41, 5.74) is 2.07. The molecule has 2 atom stereocenters. The number of cyclic esters (lactones) is 1. The van der Waals surface area contributed by atoms with Gasteiger partial charge in [0.15, 0.2) is 11.0 Å². The lowest BCUT2D eigenvalue weighted by molar-refractivity contribution is -0.176. The molecule has 1 aliphatic rings. The number of thioether (sulfide) groups is 1. The Morgan fingerprint density at radius 3 is 2.47 bits per heavy atom. The van der Waals surface area contributed by atoms with E-state index in [2.05, 4.69) is 37.9 Å². The van der Waals surface area contributed by atoms with Gasteiger partial charge < -0.3 is 9.72 Å². The highest BCUT2D eigenvalue weighted by Crippen LogP contribution is 2.43. The zero-order valence-electron chi connectivity index (χ0n) is 20.4. The third kappa shape index (κ3) is 4.92. The van der Waals surface area contributed by atoms with Gasteiger partial charge in [-0.3, -0.25) is 9.59 Å². The molecule has 4 nitrogen and oxygen atoms in total. The van der Waals surface area contributed by atoms with E-state index >= 15 is 0 Å². The average molecular weight is 482 g/mol. The largest absolute Gasteiger partial charge is 0.457 e. The van der Waals surface area contributed by atoms with Crippen LogP contribution in [0.4, 0.5) is 4.39 Å². The summed E-state index contributed by atoms with van der Waals surface area (Å²) >= 11 is 1.30. The average Bonchev–Trinajstić information content (AvgIpc) is 3.22. The number of nitrogens with one attached hydrogen (secondary N) is 1. The van der Waals surface area contributed by atoms with Crippen LogP contribution < -0.4 is 0 Å². The predicted octanol–water partition coefficient (Wildman–Crippen LogP) is 6.61. The van der Waals surface area contributed by atoms with E-state index in [0.29, 0.717) is 12.8 Å². The molecule has 180 valence electrons. The Hall–Kier alpha value is -2.60. The predicted molar refractivity (Wildman–Crippen MR) is 135 cm³/mol.